The number of aromatic nitrogens is 2. The van der Waals surface area contributed by atoms with Crippen molar-refractivity contribution in [3.63, 3.8) is 0 Å². The molecular weight excluding hydrogens is 432 g/mol. The lowest BCUT2D eigenvalue weighted by atomic mass is 9.99. The second kappa shape index (κ2) is 9.05. The quantitative estimate of drug-likeness (QED) is 0.425. The van der Waals surface area contributed by atoms with E-state index in [0.717, 1.165) is 27.4 Å². The van der Waals surface area contributed by atoms with Gasteiger partial charge in [0, 0.05) is 25.6 Å². The van der Waals surface area contributed by atoms with Gasteiger partial charge in [-0.2, -0.15) is 0 Å². The lowest BCUT2D eigenvalue weighted by Gasteiger charge is -2.33. The molecule has 4 aromatic rings. The molecule has 1 aromatic heterocycles. The number of fused-ring (bicyclic) bond motifs is 2. The number of carbonyl (C=O) groups excluding carboxylic acids is 1. The first-order valence-electron chi connectivity index (χ1n) is 11.5. The van der Waals surface area contributed by atoms with E-state index in [1.165, 1.54) is 0 Å². The molecule has 3 aromatic carbocycles. The molecule has 0 saturated carbocycles. The van der Waals surface area contributed by atoms with Gasteiger partial charge in [-0.15, -0.1) is 0 Å². The van der Waals surface area contributed by atoms with Gasteiger partial charge in [0.05, 0.1) is 11.0 Å². The summed E-state index contributed by atoms with van der Waals surface area (Å²) in [7, 11) is 0. The molecule has 1 aliphatic heterocycles. The van der Waals surface area contributed by atoms with E-state index in [9.17, 15) is 19.5 Å². The van der Waals surface area contributed by atoms with Crippen molar-refractivity contribution >= 4 is 33.8 Å². The molecule has 1 saturated heterocycles. The molecule has 0 radical (unpaired) electrons. The van der Waals surface area contributed by atoms with Crippen LogP contribution in [0.15, 0.2) is 71.5 Å². The minimum atomic E-state index is -1.07. The Kier molecular flexibility index (Phi) is 5.79. The summed E-state index contributed by atoms with van der Waals surface area (Å²) >= 11 is 0. The first-order valence-corrected chi connectivity index (χ1v) is 11.5. The maximum absolute atomic E-state index is 12.9. The summed E-state index contributed by atoms with van der Waals surface area (Å²) in [6.45, 7) is 0.895. The van der Waals surface area contributed by atoms with Gasteiger partial charge in [0.25, 0.3) is 0 Å². The monoisotopic (exact) mass is 458 g/mol. The standard InChI is InChI=1S/C26H26N4O4/c31-24(32)22(16-18-8-5-7-17-6-1-2-9-20(17)18)28-25(33)29-14-12-19(13-15-29)30-23-11-4-3-10-21(23)27-26(30)34/h1-11,19,22H,12-16H2,(H,27,34)(H,28,33)(H,31,32)/t22-/m1/s1. The third-order valence-corrected chi connectivity index (χ3v) is 6.64. The number of carboxylic acids is 1. The van der Waals surface area contributed by atoms with E-state index in [1.807, 2.05) is 66.7 Å². The predicted octanol–water partition coefficient (Wildman–Crippen LogP) is 3.53. The molecule has 0 bridgehead atoms. The molecule has 34 heavy (non-hydrogen) atoms. The number of hydrogen-bond donors (Lipinski definition) is 3. The van der Waals surface area contributed by atoms with Gasteiger partial charge in [-0.05, 0) is 41.3 Å². The van der Waals surface area contributed by atoms with Crippen LogP contribution in [0, 0.1) is 0 Å². The van der Waals surface area contributed by atoms with Gasteiger partial charge in [-0.25, -0.2) is 14.4 Å². The van der Waals surface area contributed by atoms with Crippen molar-refractivity contribution in [1.82, 2.24) is 19.8 Å². The molecule has 0 aliphatic carbocycles. The highest BCUT2D eigenvalue weighted by atomic mass is 16.4. The number of piperidine rings is 1. The summed E-state index contributed by atoms with van der Waals surface area (Å²) < 4.78 is 1.77. The van der Waals surface area contributed by atoms with Gasteiger partial charge in [-0.1, -0.05) is 54.6 Å². The zero-order valence-electron chi connectivity index (χ0n) is 18.6. The molecule has 1 fully saturated rings. The molecule has 8 nitrogen and oxygen atoms in total. The summed E-state index contributed by atoms with van der Waals surface area (Å²) in [6, 6.07) is 19.7. The number of carbonyl (C=O) groups is 2. The second-order valence-electron chi connectivity index (χ2n) is 8.72. The van der Waals surface area contributed by atoms with Crippen molar-refractivity contribution in [2.24, 2.45) is 0 Å². The first kappa shape index (κ1) is 21.8. The van der Waals surface area contributed by atoms with Crippen LogP contribution in [0.4, 0.5) is 4.79 Å². The van der Waals surface area contributed by atoms with Crippen molar-refractivity contribution in [1.29, 1.82) is 0 Å². The van der Waals surface area contributed by atoms with Gasteiger partial charge < -0.3 is 20.3 Å². The number of hydrogen-bond acceptors (Lipinski definition) is 3. The first-order chi connectivity index (χ1) is 16.5. The number of urea groups is 1. The Morgan fingerprint density at radius 1 is 1.00 bits per heavy atom. The number of amides is 2. The predicted molar refractivity (Wildman–Crippen MR) is 130 cm³/mol. The van der Waals surface area contributed by atoms with E-state index in [1.54, 1.807) is 9.47 Å². The highest BCUT2D eigenvalue weighted by Crippen LogP contribution is 2.25. The van der Waals surface area contributed by atoms with Crippen molar-refractivity contribution in [3.05, 3.63) is 82.8 Å². The topological polar surface area (TPSA) is 107 Å². The van der Waals surface area contributed by atoms with Crippen LogP contribution in [0.2, 0.25) is 0 Å². The highest BCUT2D eigenvalue weighted by Gasteiger charge is 2.29. The SMILES string of the molecule is O=C(O)[C@@H](Cc1cccc2ccccc12)NC(=O)N1CCC(n2c(=O)[nH]c3ccccc32)CC1. The van der Waals surface area contributed by atoms with Gasteiger partial charge >= 0.3 is 17.7 Å². The van der Waals surface area contributed by atoms with E-state index in [4.69, 9.17) is 0 Å². The van der Waals surface area contributed by atoms with Gasteiger partial charge in [-0.3, -0.25) is 4.57 Å². The van der Waals surface area contributed by atoms with Crippen LogP contribution >= 0.6 is 0 Å². The zero-order chi connectivity index (χ0) is 23.7. The lowest BCUT2D eigenvalue weighted by Crippen LogP contribution is -2.51. The number of benzene rings is 3. The fourth-order valence-corrected chi connectivity index (χ4v) is 4.89. The molecular formula is C26H26N4O4. The molecule has 0 spiro atoms. The number of carboxylic acid groups (broad SMARTS) is 1. The summed E-state index contributed by atoms with van der Waals surface area (Å²) in [6.07, 6.45) is 1.44. The number of para-hydroxylation sites is 2. The Balaban J connectivity index is 1.26. The van der Waals surface area contributed by atoms with Crippen molar-refractivity contribution in [3.8, 4) is 0 Å². The lowest BCUT2D eigenvalue weighted by molar-refractivity contribution is -0.139. The molecule has 1 aliphatic rings. The molecule has 1 atom stereocenters. The van der Waals surface area contributed by atoms with E-state index in [0.29, 0.717) is 25.9 Å². The van der Waals surface area contributed by atoms with Crippen molar-refractivity contribution in [2.75, 3.05) is 13.1 Å². The Morgan fingerprint density at radius 3 is 2.50 bits per heavy atom. The summed E-state index contributed by atoms with van der Waals surface area (Å²) in [4.78, 5) is 41.9. The number of nitrogens with one attached hydrogen (secondary N) is 2. The molecule has 8 heteroatoms. The van der Waals surface area contributed by atoms with Crippen LogP contribution in [0.1, 0.15) is 24.4 Å². The molecule has 2 amide bonds. The number of likely N-dealkylation sites (tertiary alicyclic amines) is 1. The van der Waals surface area contributed by atoms with E-state index in [-0.39, 0.29) is 18.2 Å². The van der Waals surface area contributed by atoms with Crippen LogP contribution in [0.25, 0.3) is 21.8 Å². The zero-order valence-corrected chi connectivity index (χ0v) is 18.6. The average molecular weight is 459 g/mol. The Hall–Kier alpha value is -4.07. The molecule has 3 N–H and O–H groups in total. The Bertz CT molecular complexity index is 1410. The number of aliphatic carboxylic acids is 1. The molecule has 2 heterocycles. The number of imidazole rings is 1. The normalized spacial score (nSPS) is 15.5. The summed E-state index contributed by atoms with van der Waals surface area (Å²) in [5.41, 5.74) is 2.38. The smallest absolute Gasteiger partial charge is 0.326 e. The van der Waals surface area contributed by atoms with Crippen LogP contribution < -0.4 is 11.0 Å². The number of nitrogens with zero attached hydrogens (tertiary/aromatic N) is 2. The average Bonchev–Trinajstić information content (AvgIpc) is 3.19. The third-order valence-electron chi connectivity index (χ3n) is 6.64. The third kappa shape index (κ3) is 4.14. The molecule has 174 valence electrons. The Labute approximate surface area is 195 Å². The van der Waals surface area contributed by atoms with E-state index >= 15 is 0 Å². The van der Waals surface area contributed by atoms with Crippen LogP contribution in [-0.2, 0) is 11.2 Å². The van der Waals surface area contributed by atoms with Crippen LogP contribution in [0.5, 0.6) is 0 Å². The van der Waals surface area contributed by atoms with Gasteiger partial charge in [0.15, 0.2) is 0 Å². The minimum Gasteiger partial charge on any atom is -0.480 e. The van der Waals surface area contributed by atoms with Crippen molar-refractivity contribution < 1.29 is 14.7 Å². The van der Waals surface area contributed by atoms with Crippen LogP contribution in [0.3, 0.4) is 0 Å². The fraction of sp³-hybridized carbons (Fsp3) is 0.269. The van der Waals surface area contributed by atoms with Gasteiger partial charge in [0.1, 0.15) is 6.04 Å². The number of H-pyrrole nitrogens is 1. The molecule has 5 rings (SSSR count). The minimum absolute atomic E-state index is 0.0151. The maximum Gasteiger partial charge on any atom is 0.326 e. The Morgan fingerprint density at radius 2 is 1.71 bits per heavy atom. The maximum atomic E-state index is 12.9. The molecule has 0 unspecified atom stereocenters. The van der Waals surface area contributed by atoms with E-state index in [2.05, 4.69) is 10.3 Å². The largest absolute Gasteiger partial charge is 0.480 e. The second-order valence-corrected chi connectivity index (χ2v) is 8.72. The number of rotatable bonds is 5. The highest BCUT2D eigenvalue weighted by molar-refractivity contribution is 5.87. The summed E-state index contributed by atoms with van der Waals surface area (Å²) in [5.74, 6) is -1.07. The van der Waals surface area contributed by atoms with Gasteiger partial charge in [0.2, 0.25) is 0 Å². The fourth-order valence-electron chi connectivity index (χ4n) is 4.89. The van der Waals surface area contributed by atoms with E-state index < -0.39 is 18.0 Å². The summed E-state index contributed by atoms with van der Waals surface area (Å²) in [5, 5.41) is 14.5. The van der Waals surface area contributed by atoms with Crippen molar-refractivity contribution in [2.45, 2.75) is 31.3 Å². The van der Waals surface area contributed by atoms with Crippen LogP contribution in [-0.4, -0.2) is 50.7 Å². The number of aromatic amines is 1.